The predicted octanol–water partition coefficient (Wildman–Crippen LogP) is 0.862. The van der Waals surface area contributed by atoms with Gasteiger partial charge in [-0.3, -0.25) is 0 Å². The molecule has 2 aliphatic rings. The Labute approximate surface area is 95.0 Å². The van der Waals surface area contributed by atoms with Gasteiger partial charge in [0.1, 0.15) is 0 Å². The second-order valence-electron chi connectivity index (χ2n) is 4.30. The third-order valence-electron chi connectivity index (χ3n) is 3.58. The van der Waals surface area contributed by atoms with E-state index in [-0.39, 0.29) is 5.97 Å². The van der Waals surface area contributed by atoms with E-state index in [1.165, 1.54) is 7.11 Å². The van der Waals surface area contributed by atoms with Crippen LogP contribution in [0.1, 0.15) is 25.7 Å². The first-order valence-corrected chi connectivity index (χ1v) is 5.58. The summed E-state index contributed by atoms with van der Waals surface area (Å²) in [5, 5.41) is 0. The molecule has 0 aromatic heterocycles. The molecule has 1 heterocycles. The molecule has 92 valence electrons. The predicted molar refractivity (Wildman–Crippen MR) is 54.9 cm³/mol. The Hall–Kier alpha value is -0.650. The molecule has 0 radical (unpaired) electrons. The minimum absolute atomic E-state index is 0.303. The van der Waals surface area contributed by atoms with Crippen LogP contribution in [0.2, 0.25) is 0 Å². The van der Waals surface area contributed by atoms with Crippen molar-refractivity contribution in [3.63, 3.8) is 0 Å². The van der Waals surface area contributed by atoms with Crippen LogP contribution >= 0.6 is 0 Å². The molecule has 5 nitrogen and oxygen atoms in total. The fraction of sp³-hybridized carbons (Fsp3) is 0.909. The molecule has 1 saturated heterocycles. The Morgan fingerprint density at radius 3 is 2.06 bits per heavy atom. The summed E-state index contributed by atoms with van der Waals surface area (Å²) in [5.41, 5.74) is -0.810. The summed E-state index contributed by atoms with van der Waals surface area (Å²) in [7, 11) is 2.93. The van der Waals surface area contributed by atoms with E-state index in [9.17, 15) is 4.79 Å². The average Bonchev–Trinajstić information content (AvgIpc) is 2.78. The van der Waals surface area contributed by atoms with Gasteiger partial charge in [0, 0.05) is 20.0 Å². The number of carbonyl (C=O) groups is 1. The molecule has 0 amide bonds. The summed E-state index contributed by atoms with van der Waals surface area (Å²) in [6.45, 7) is 1.27. The van der Waals surface area contributed by atoms with Crippen molar-refractivity contribution < 1.29 is 23.7 Å². The van der Waals surface area contributed by atoms with Crippen molar-refractivity contribution in [1.82, 2.24) is 0 Å². The smallest absolute Gasteiger partial charge is 0.338 e. The topological polar surface area (TPSA) is 54.0 Å². The Morgan fingerprint density at radius 2 is 1.62 bits per heavy atom. The molecule has 1 aliphatic heterocycles. The number of hydrogen-bond donors (Lipinski definition) is 0. The van der Waals surface area contributed by atoms with Crippen LogP contribution in [0.3, 0.4) is 0 Å². The largest absolute Gasteiger partial charge is 0.467 e. The fourth-order valence-electron chi connectivity index (χ4n) is 2.50. The molecule has 1 spiro atoms. The summed E-state index contributed by atoms with van der Waals surface area (Å²) in [6.07, 6.45) is 2.51. The molecule has 2 rings (SSSR count). The molecular weight excluding hydrogens is 212 g/mol. The molecule has 1 aliphatic carbocycles. The van der Waals surface area contributed by atoms with Gasteiger partial charge in [0.05, 0.1) is 20.3 Å². The van der Waals surface area contributed by atoms with E-state index < -0.39 is 11.4 Å². The summed E-state index contributed by atoms with van der Waals surface area (Å²) < 4.78 is 21.3. The van der Waals surface area contributed by atoms with Crippen molar-refractivity contribution in [2.45, 2.75) is 37.1 Å². The zero-order valence-electron chi connectivity index (χ0n) is 9.78. The number of esters is 1. The lowest BCUT2D eigenvalue weighted by Gasteiger charge is -2.40. The van der Waals surface area contributed by atoms with Gasteiger partial charge >= 0.3 is 5.97 Å². The monoisotopic (exact) mass is 230 g/mol. The van der Waals surface area contributed by atoms with E-state index in [2.05, 4.69) is 0 Å². The highest BCUT2D eigenvalue weighted by atomic mass is 16.7. The molecule has 2 fully saturated rings. The maximum absolute atomic E-state index is 11.7. The molecular formula is C11H18O5. The normalized spacial score (nSPS) is 26.9. The minimum Gasteiger partial charge on any atom is -0.467 e. The van der Waals surface area contributed by atoms with Gasteiger partial charge in [-0.25, -0.2) is 4.79 Å². The van der Waals surface area contributed by atoms with Crippen LogP contribution in [0.25, 0.3) is 0 Å². The van der Waals surface area contributed by atoms with Gasteiger partial charge in [0.15, 0.2) is 11.4 Å². The van der Waals surface area contributed by atoms with Gasteiger partial charge in [-0.1, -0.05) is 0 Å². The summed E-state index contributed by atoms with van der Waals surface area (Å²) in [6, 6.07) is 0. The number of rotatable bonds is 2. The molecule has 0 aromatic carbocycles. The van der Waals surface area contributed by atoms with Crippen molar-refractivity contribution in [3.05, 3.63) is 0 Å². The first-order valence-electron chi connectivity index (χ1n) is 5.58. The fourth-order valence-corrected chi connectivity index (χ4v) is 2.50. The second kappa shape index (κ2) is 4.31. The van der Waals surface area contributed by atoms with Gasteiger partial charge in [-0.05, 0) is 12.8 Å². The van der Waals surface area contributed by atoms with Crippen molar-refractivity contribution in [1.29, 1.82) is 0 Å². The molecule has 1 saturated carbocycles. The summed E-state index contributed by atoms with van der Waals surface area (Å²) in [5.74, 6) is -0.779. The number of methoxy groups -OCH3 is 2. The highest BCUT2D eigenvalue weighted by Gasteiger charge is 2.50. The Bertz CT molecular complexity index is 260. The maximum atomic E-state index is 11.7. The summed E-state index contributed by atoms with van der Waals surface area (Å²) in [4.78, 5) is 11.7. The first kappa shape index (κ1) is 11.8. The third kappa shape index (κ3) is 1.83. The molecule has 0 unspecified atom stereocenters. The highest BCUT2D eigenvalue weighted by Crippen LogP contribution is 2.42. The second-order valence-corrected chi connectivity index (χ2v) is 4.30. The molecule has 0 aromatic rings. The standard InChI is InChI=1S/C11H18O5/c1-13-9(12)10(14-2)3-5-11(6-4-10)15-7-8-16-11/h3-8H2,1-2H3. The van der Waals surface area contributed by atoms with Crippen LogP contribution in [-0.4, -0.2) is 44.8 Å². The molecule has 0 bridgehead atoms. The summed E-state index contributed by atoms with van der Waals surface area (Å²) >= 11 is 0. The van der Waals surface area contributed by atoms with E-state index in [0.29, 0.717) is 38.9 Å². The maximum Gasteiger partial charge on any atom is 0.338 e. The number of hydrogen-bond acceptors (Lipinski definition) is 5. The van der Waals surface area contributed by atoms with E-state index in [4.69, 9.17) is 18.9 Å². The van der Waals surface area contributed by atoms with Crippen molar-refractivity contribution in [2.75, 3.05) is 27.4 Å². The van der Waals surface area contributed by atoms with Gasteiger partial charge < -0.3 is 18.9 Å². The van der Waals surface area contributed by atoms with E-state index >= 15 is 0 Å². The molecule has 5 heteroatoms. The van der Waals surface area contributed by atoms with Crippen molar-refractivity contribution in [2.24, 2.45) is 0 Å². The van der Waals surface area contributed by atoms with Crippen LogP contribution in [0.4, 0.5) is 0 Å². The quantitative estimate of drug-likeness (QED) is 0.659. The minimum atomic E-state index is -0.810. The zero-order valence-corrected chi connectivity index (χ0v) is 9.78. The number of ether oxygens (including phenoxy) is 4. The van der Waals surface area contributed by atoms with Crippen molar-refractivity contribution >= 4 is 5.97 Å². The highest BCUT2D eigenvalue weighted by molar-refractivity contribution is 5.79. The molecule has 16 heavy (non-hydrogen) atoms. The number of carbonyl (C=O) groups excluding carboxylic acids is 1. The van der Waals surface area contributed by atoms with Crippen LogP contribution in [0.15, 0.2) is 0 Å². The molecule has 0 atom stereocenters. The van der Waals surface area contributed by atoms with Gasteiger partial charge in [-0.2, -0.15) is 0 Å². The van der Waals surface area contributed by atoms with Gasteiger partial charge in [0.2, 0.25) is 0 Å². The van der Waals surface area contributed by atoms with E-state index in [0.717, 1.165) is 0 Å². The lowest BCUT2D eigenvalue weighted by atomic mass is 9.81. The van der Waals surface area contributed by atoms with Crippen LogP contribution in [0, 0.1) is 0 Å². The SMILES string of the molecule is COC(=O)C1(OC)CCC2(CC1)OCCO2. The van der Waals surface area contributed by atoms with Crippen LogP contribution < -0.4 is 0 Å². The third-order valence-corrected chi connectivity index (χ3v) is 3.58. The first-order chi connectivity index (χ1) is 7.66. The lowest BCUT2D eigenvalue weighted by Crippen LogP contribution is -2.50. The Kier molecular flexibility index (Phi) is 3.19. The van der Waals surface area contributed by atoms with E-state index in [1.807, 2.05) is 0 Å². The van der Waals surface area contributed by atoms with Crippen LogP contribution in [-0.2, 0) is 23.7 Å². The van der Waals surface area contributed by atoms with Gasteiger partial charge in [0.25, 0.3) is 0 Å². The van der Waals surface area contributed by atoms with Crippen molar-refractivity contribution in [3.8, 4) is 0 Å². The Balaban J connectivity index is 2.03. The van der Waals surface area contributed by atoms with E-state index in [1.54, 1.807) is 7.11 Å². The Morgan fingerprint density at radius 1 is 1.06 bits per heavy atom. The van der Waals surface area contributed by atoms with Crippen LogP contribution in [0.5, 0.6) is 0 Å². The lowest BCUT2D eigenvalue weighted by molar-refractivity contribution is -0.214. The zero-order chi connectivity index (χ0) is 11.6. The average molecular weight is 230 g/mol. The van der Waals surface area contributed by atoms with Gasteiger partial charge in [-0.15, -0.1) is 0 Å². The molecule has 0 N–H and O–H groups in total.